The minimum atomic E-state index is -1.23. The van der Waals surface area contributed by atoms with Crippen LogP contribution in [0.15, 0.2) is 54.6 Å². The van der Waals surface area contributed by atoms with Crippen LogP contribution in [0.4, 0.5) is 8.78 Å². The lowest BCUT2D eigenvalue weighted by atomic mass is 10.2. The SMILES string of the molecule is C=C(C)C(=O)OCCOc1ccc(C(=O)Oc2cccc(F)c2F)cc1. The van der Waals surface area contributed by atoms with Crippen molar-refractivity contribution < 1.29 is 32.6 Å². The van der Waals surface area contributed by atoms with Crippen LogP contribution in [0.3, 0.4) is 0 Å². The molecule has 0 aromatic heterocycles. The van der Waals surface area contributed by atoms with E-state index in [2.05, 4.69) is 6.58 Å². The van der Waals surface area contributed by atoms with E-state index in [-0.39, 0.29) is 18.8 Å². The molecule has 7 heteroatoms. The Morgan fingerprint density at radius 3 is 2.38 bits per heavy atom. The lowest BCUT2D eigenvalue weighted by Gasteiger charge is -2.08. The summed E-state index contributed by atoms with van der Waals surface area (Å²) >= 11 is 0. The van der Waals surface area contributed by atoms with E-state index in [0.29, 0.717) is 11.3 Å². The number of benzene rings is 2. The van der Waals surface area contributed by atoms with Crippen molar-refractivity contribution in [3.8, 4) is 11.5 Å². The highest BCUT2D eigenvalue weighted by atomic mass is 19.2. The number of carbonyl (C=O) groups excluding carboxylic acids is 2. The van der Waals surface area contributed by atoms with Gasteiger partial charge in [-0.2, -0.15) is 4.39 Å². The van der Waals surface area contributed by atoms with Gasteiger partial charge in [-0.05, 0) is 43.3 Å². The fourth-order valence-electron chi connectivity index (χ4n) is 1.83. The van der Waals surface area contributed by atoms with Gasteiger partial charge in [0, 0.05) is 5.57 Å². The van der Waals surface area contributed by atoms with Gasteiger partial charge >= 0.3 is 11.9 Å². The molecule has 5 nitrogen and oxygen atoms in total. The smallest absolute Gasteiger partial charge is 0.343 e. The van der Waals surface area contributed by atoms with Gasteiger partial charge in [0.25, 0.3) is 0 Å². The third kappa shape index (κ3) is 5.14. The van der Waals surface area contributed by atoms with Crippen LogP contribution in [0.1, 0.15) is 17.3 Å². The molecule has 0 N–H and O–H groups in total. The van der Waals surface area contributed by atoms with Crippen LogP contribution < -0.4 is 9.47 Å². The number of carbonyl (C=O) groups is 2. The Morgan fingerprint density at radius 2 is 1.73 bits per heavy atom. The Bertz CT molecular complexity index is 815. The van der Waals surface area contributed by atoms with Crippen molar-refractivity contribution in [2.24, 2.45) is 0 Å². The number of hydrogen-bond acceptors (Lipinski definition) is 5. The summed E-state index contributed by atoms with van der Waals surface area (Å²) in [5, 5.41) is 0. The zero-order valence-electron chi connectivity index (χ0n) is 14.0. The van der Waals surface area contributed by atoms with Crippen molar-refractivity contribution >= 4 is 11.9 Å². The second-order valence-electron chi connectivity index (χ2n) is 5.23. The molecule has 0 radical (unpaired) electrons. The second kappa shape index (κ2) is 8.75. The summed E-state index contributed by atoms with van der Waals surface area (Å²) in [4.78, 5) is 23.2. The van der Waals surface area contributed by atoms with Crippen LogP contribution in [0.2, 0.25) is 0 Å². The van der Waals surface area contributed by atoms with Crippen LogP contribution in [-0.4, -0.2) is 25.2 Å². The van der Waals surface area contributed by atoms with Crippen LogP contribution in [0, 0.1) is 11.6 Å². The van der Waals surface area contributed by atoms with E-state index in [1.54, 1.807) is 0 Å². The van der Waals surface area contributed by atoms with Gasteiger partial charge in [0.2, 0.25) is 5.82 Å². The quantitative estimate of drug-likeness (QED) is 0.325. The maximum atomic E-state index is 13.5. The van der Waals surface area contributed by atoms with Gasteiger partial charge in [-0.3, -0.25) is 0 Å². The highest BCUT2D eigenvalue weighted by molar-refractivity contribution is 5.91. The average Bonchev–Trinajstić information content (AvgIpc) is 2.62. The molecule has 0 atom stereocenters. The third-order valence-electron chi connectivity index (χ3n) is 3.14. The van der Waals surface area contributed by atoms with Crippen LogP contribution in [-0.2, 0) is 9.53 Å². The molecule has 136 valence electrons. The molecule has 0 saturated heterocycles. The minimum Gasteiger partial charge on any atom is -0.490 e. The highest BCUT2D eigenvalue weighted by Gasteiger charge is 2.14. The normalized spacial score (nSPS) is 10.1. The van der Waals surface area contributed by atoms with E-state index in [0.717, 1.165) is 12.1 Å². The van der Waals surface area contributed by atoms with E-state index in [4.69, 9.17) is 14.2 Å². The summed E-state index contributed by atoms with van der Waals surface area (Å²) in [6.45, 7) is 5.17. The molecule has 0 fully saturated rings. The number of halogens is 2. The molecular formula is C19H16F2O5. The Hall–Kier alpha value is -3.22. The zero-order valence-corrected chi connectivity index (χ0v) is 14.0. The summed E-state index contributed by atoms with van der Waals surface area (Å²) in [6.07, 6.45) is 0. The third-order valence-corrected chi connectivity index (χ3v) is 3.14. The second-order valence-corrected chi connectivity index (χ2v) is 5.23. The number of rotatable bonds is 7. The van der Waals surface area contributed by atoms with Gasteiger partial charge in [-0.25, -0.2) is 14.0 Å². The molecule has 2 aromatic rings. The molecule has 0 aliphatic rings. The van der Waals surface area contributed by atoms with Crippen molar-refractivity contribution in [2.75, 3.05) is 13.2 Å². The maximum Gasteiger partial charge on any atom is 0.343 e. The first-order chi connectivity index (χ1) is 12.4. The first kappa shape index (κ1) is 19.1. The summed E-state index contributed by atoms with van der Waals surface area (Å²) in [5.74, 6) is -3.73. The standard InChI is InChI=1S/C19H16F2O5/c1-12(2)18(22)25-11-10-24-14-8-6-13(7-9-14)19(23)26-16-5-3-4-15(20)17(16)21/h3-9H,1,10-11H2,2H3. The average molecular weight is 362 g/mol. The van der Waals surface area contributed by atoms with E-state index < -0.39 is 29.3 Å². The number of hydrogen-bond donors (Lipinski definition) is 0. The summed E-state index contributed by atoms with van der Waals surface area (Å²) < 4.78 is 41.7. The molecule has 0 amide bonds. The Labute approximate surface area is 148 Å². The molecule has 0 saturated carbocycles. The molecule has 0 unspecified atom stereocenters. The monoisotopic (exact) mass is 362 g/mol. The zero-order chi connectivity index (χ0) is 19.1. The Morgan fingerprint density at radius 1 is 1.04 bits per heavy atom. The van der Waals surface area contributed by atoms with E-state index >= 15 is 0 Å². The molecule has 26 heavy (non-hydrogen) atoms. The van der Waals surface area contributed by atoms with Gasteiger partial charge in [0.05, 0.1) is 5.56 Å². The van der Waals surface area contributed by atoms with Crippen LogP contribution in [0.25, 0.3) is 0 Å². The predicted octanol–water partition coefficient (Wildman–Crippen LogP) is 3.68. The highest BCUT2D eigenvalue weighted by Crippen LogP contribution is 2.21. The van der Waals surface area contributed by atoms with E-state index in [1.165, 1.54) is 37.3 Å². The van der Waals surface area contributed by atoms with Gasteiger partial charge in [0.15, 0.2) is 11.6 Å². The lowest BCUT2D eigenvalue weighted by Crippen LogP contribution is -2.12. The molecule has 2 rings (SSSR count). The van der Waals surface area contributed by atoms with Gasteiger partial charge in [-0.15, -0.1) is 0 Å². The number of esters is 2. The van der Waals surface area contributed by atoms with Gasteiger partial charge < -0.3 is 14.2 Å². The van der Waals surface area contributed by atoms with E-state index in [1.807, 2.05) is 0 Å². The van der Waals surface area contributed by atoms with Crippen LogP contribution in [0.5, 0.6) is 11.5 Å². The summed E-state index contributed by atoms with van der Waals surface area (Å²) in [7, 11) is 0. The van der Waals surface area contributed by atoms with E-state index in [9.17, 15) is 18.4 Å². The van der Waals surface area contributed by atoms with Gasteiger partial charge in [0.1, 0.15) is 19.0 Å². The predicted molar refractivity (Wildman–Crippen MR) is 89.0 cm³/mol. The van der Waals surface area contributed by atoms with Crippen molar-refractivity contribution in [1.82, 2.24) is 0 Å². The fraction of sp³-hybridized carbons (Fsp3) is 0.158. The summed E-state index contributed by atoms with van der Waals surface area (Å²) in [5.41, 5.74) is 0.428. The Balaban J connectivity index is 1.88. The van der Waals surface area contributed by atoms with Crippen molar-refractivity contribution in [1.29, 1.82) is 0 Å². The molecule has 0 aliphatic carbocycles. The molecule has 2 aromatic carbocycles. The first-order valence-electron chi connectivity index (χ1n) is 7.60. The maximum absolute atomic E-state index is 13.5. The van der Waals surface area contributed by atoms with Crippen molar-refractivity contribution in [3.63, 3.8) is 0 Å². The lowest BCUT2D eigenvalue weighted by molar-refractivity contribution is -0.139. The topological polar surface area (TPSA) is 61.8 Å². The fourth-order valence-corrected chi connectivity index (χ4v) is 1.83. The molecule has 0 bridgehead atoms. The molecular weight excluding hydrogens is 346 g/mol. The Kier molecular flexibility index (Phi) is 6.43. The van der Waals surface area contributed by atoms with Gasteiger partial charge in [-0.1, -0.05) is 12.6 Å². The molecule has 0 spiro atoms. The number of ether oxygens (including phenoxy) is 3. The van der Waals surface area contributed by atoms with Crippen molar-refractivity contribution in [3.05, 3.63) is 71.8 Å². The first-order valence-corrected chi connectivity index (χ1v) is 7.60. The summed E-state index contributed by atoms with van der Waals surface area (Å²) in [6, 6.07) is 9.13. The molecule has 0 heterocycles. The largest absolute Gasteiger partial charge is 0.490 e. The molecule has 0 aliphatic heterocycles. The minimum absolute atomic E-state index is 0.0499. The van der Waals surface area contributed by atoms with Crippen molar-refractivity contribution in [2.45, 2.75) is 6.92 Å². The van der Waals surface area contributed by atoms with Crippen LogP contribution >= 0.6 is 0 Å².